The van der Waals surface area contributed by atoms with E-state index in [2.05, 4.69) is 31.0 Å². The number of nitrogens with one attached hydrogen (secondary N) is 3. The summed E-state index contributed by atoms with van der Waals surface area (Å²) in [6, 6.07) is 3.47. The number of hydrogen-bond acceptors (Lipinski definition) is 4. The molecule has 26 heavy (non-hydrogen) atoms. The molecule has 0 bridgehead atoms. The van der Waals surface area contributed by atoms with E-state index in [0.29, 0.717) is 31.2 Å². The van der Waals surface area contributed by atoms with Crippen molar-refractivity contribution in [3.8, 4) is 0 Å². The summed E-state index contributed by atoms with van der Waals surface area (Å²) in [6.45, 7) is 5.73. The summed E-state index contributed by atoms with van der Waals surface area (Å²) in [6.07, 6.45) is 3.18. The first-order chi connectivity index (χ1) is 12.0. The van der Waals surface area contributed by atoms with Crippen LogP contribution in [0.3, 0.4) is 0 Å². The van der Waals surface area contributed by atoms with Crippen molar-refractivity contribution in [1.29, 1.82) is 0 Å². The van der Waals surface area contributed by atoms with Crippen molar-refractivity contribution in [1.82, 2.24) is 30.7 Å². The molecule has 8 nitrogen and oxygen atoms in total. The molecule has 0 atom stereocenters. The van der Waals surface area contributed by atoms with Crippen molar-refractivity contribution in [2.24, 2.45) is 12.0 Å². The number of amides is 1. The lowest BCUT2D eigenvalue weighted by atomic mass is 10.2. The molecule has 0 saturated carbocycles. The summed E-state index contributed by atoms with van der Waals surface area (Å²) in [7, 11) is 3.65. The van der Waals surface area contributed by atoms with Gasteiger partial charge in [-0.1, -0.05) is 0 Å². The van der Waals surface area contributed by atoms with Gasteiger partial charge in [0.05, 0.1) is 11.3 Å². The number of carbonyl (C=O) groups is 1. The van der Waals surface area contributed by atoms with E-state index >= 15 is 0 Å². The van der Waals surface area contributed by atoms with Crippen LogP contribution in [0.4, 0.5) is 0 Å². The summed E-state index contributed by atoms with van der Waals surface area (Å²) in [5.41, 5.74) is 3.85. The van der Waals surface area contributed by atoms with E-state index in [1.54, 1.807) is 31.6 Å². The molecule has 1 amide bonds. The van der Waals surface area contributed by atoms with E-state index in [1.807, 2.05) is 25.6 Å². The number of nitrogens with zero attached hydrogens (tertiary/aromatic N) is 4. The van der Waals surface area contributed by atoms with Crippen LogP contribution < -0.4 is 16.0 Å². The van der Waals surface area contributed by atoms with Crippen molar-refractivity contribution in [3.63, 3.8) is 0 Å². The molecule has 0 unspecified atom stereocenters. The standard InChI is InChI=1S/C17H25N7O.HI/c1-12-15(13(2)24(4)23-12)11-22-17(18-3)21-9-8-20-16(25)14-6-5-7-19-10-14;/h5-7,10H,8-9,11H2,1-4H3,(H,20,25)(H2,18,21,22);1H. The third-order valence-electron chi connectivity index (χ3n) is 3.94. The zero-order chi connectivity index (χ0) is 18.2. The van der Waals surface area contributed by atoms with Crippen LogP contribution in [-0.4, -0.2) is 46.8 Å². The predicted molar refractivity (Wildman–Crippen MR) is 113 cm³/mol. The lowest BCUT2D eigenvalue weighted by Crippen LogP contribution is -2.41. The summed E-state index contributed by atoms with van der Waals surface area (Å²) in [4.78, 5) is 20.0. The van der Waals surface area contributed by atoms with E-state index in [4.69, 9.17) is 0 Å². The molecule has 142 valence electrons. The number of aryl methyl sites for hydroxylation is 2. The number of pyridine rings is 1. The smallest absolute Gasteiger partial charge is 0.252 e. The van der Waals surface area contributed by atoms with Gasteiger partial charge >= 0.3 is 0 Å². The Bertz CT molecular complexity index is 743. The SMILES string of the molecule is CN=C(NCCNC(=O)c1cccnc1)NCc1c(C)nn(C)c1C.I. The average molecular weight is 471 g/mol. The van der Waals surface area contributed by atoms with Crippen molar-refractivity contribution in [2.45, 2.75) is 20.4 Å². The van der Waals surface area contributed by atoms with Gasteiger partial charge in [0.1, 0.15) is 0 Å². The van der Waals surface area contributed by atoms with Crippen LogP contribution in [0.25, 0.3) is 0 Å². The van der Waals surface area contributed by atoms with E-state index in [-0.39, 0.29) is 29.9 Å². The molecule has 9 heteroatoms. The first kappa shape index (κ1) is 21.9. The molecular weight excluding hydrogens is 445 g/mol. The number of rotatable bonds is 6. The van der Waals surface area contributed by atoms with Gasteiger partial charge in [-0.25, -0.2) is 0 Å². The van der Waals surface area contributed by atoms with Crippen molar-refractivity contribution < 1.29 is 4.79 Å². The topological polar surface area (TPSA) is 96.2 Å². The predicted octanol–water partition coefficient (Wildman–Crippen LogP) is 1.14. The van der Waals surface area contributed by atoms with Crippen LogP contribution in [0.15, 0.2) is 29.5 Å². The number of halogens is 1. The Morgan fingerprint density at radius 2 is 1.96 bits per heavy atom. The number of guanidine groups is 1. The minimum Gasteiger partial charge on any atom is -0.355 e. The minimum atomic E-state index is -0.139. The molecule has 3 N–H and O–H groups in total. The van der Waals surface area contributed by atoms with Crippen LogP contribution in [0.1, 0.15) is 27.3 Å². The van der Waals surface area contributed by atoms with Crippen LogP contribution in [0.2, 0.25) is 0 Å². The molecule has 0 radical (unpaired) electrons. The molecule has 0 spiro atoms. The molecule has 2 heterocycles. The van der Waals surface area contributed by atoms with Crippen LogP contribution in [0.5, 0.6) is 0 Å². The summed E-state index contributed by atoms with van der Waals surface area (Å²) in [5.74, 6) is 0.540. The van der Waals surface area contributed by atoms with Gasteiger partial charge in [0.2, 0.25) is 0 Å². The van der Waals surface area contributed by atoms with E-state index in [0.717, 1.165) is 17.0 Å². The number of aromatic nitrogens is 3. The van der Waals surface area contributed by atoms with Crippen LogP contribution in [0, 0.1) is 13.8 Å². The second-order valence-electron chi connectivity index (χ2n) is 5.62. The molecule has 0 fully saturated rings. The second-order valence-corrected chi connectivity index (χ2v) is 5.62. The Labute approximate surface area is 170 Å². The lowest BCUT2D eigenvalue weighted by Gasteiger charge is -2.12. The van der Waals surface area contributed by atoms with Gasteiger partial charge in [0, 0.05) is 57.4 Å². The van der Waals surface area contributed by atoms with Crippen molar-refractivity contribution >= 4 is 35.8 Å². The van der Waals surface area contributed by atoms with Gasteiger partial charge in [-0.3, -0.25) is 19.5 Å². The van der Waals surface area contributed by atoms with Gasteiger partial charge in [-0.2, -0.15) is 5.10 Å². The molecule has 0 aromatic carbocycles. The van der Waals surface area contributed by atoms with Gasteiger partial charge in [-0.15, -0.1) is 24.0 Å². The Morgan fingerprint density at radius 1 is 1.23 bits per heavy atom. The third-order valence-corrected chi connectivity index (χ3v) is 3.94. The Morgan fingerprint density at radius 3 is 2.54 bits per heavy atom. The molecule has 2 aromatic rings. The van der Waals surface area contributed by atoms with Crippen molar-refractivity contribution in [3.05, 3.63) is 47.0 Å². The summed E-state index contributed by atoms with van der Waals surface area (Å²) < 4.78 is 1.87. The molecule has 2 aromatic heterocycles. The highest BCUT2D eigenvalue weighted by molar-refractivity contribution is 14.0. The average Bonchev–Trinajstić information content (AvgIpc) is 2.87. The Kier molecular flexibility index (Phi) is 9.03. The lowest BCUT2D eigenvalue weighted by molar-refractivity contribution is 0.0954. The molecule has 2 rings (SSSR count). The highest BCUT2D eigenvalue weighted by atomic mass is 127. The fourth-order valence-corrected chi connectivity index (χ4v) is 2.42. The fourth-order valence-electron chi connectivity index (χ4n) is 2.42. The van der Waals surface area contributed by atoms with Crippen molar-refractivity contribution in [2.75, 3.05) is 20.1 Å². The third kappa shape index (κ3) is 5.97. The van der Waals surface area contributed by atoms with Gasteiger partial charge in [0.15, 0.2) is 5.96 Å². The quantitative estimate of drug-likeness (QED) is 0.254. The Balaban J connectivity index is 0.00000338. The maximum atomic E-state index is 11.9. The van der Waals surface area contributed by atoms with Gasteiger partial charge < -0.3 is 16.0 Å². The number of hydrogen-bond donors (Lipinski definition) is 3. The first-order valence-corrected chi connectivity index (χ1v) is 8.14. The maximum Gasteiger partial charge on any atom is 0.252 e. The maximum absolute atomic E-state index is 11.9. The van der Waals surface area contributed by atoms with Gasteiger partial charge in [0.25, 0.3) is 5.91 Å². The summed E-state index contributed by atoms with van der Waals surface area (Å²) >= 11 is 0. The molecular formula is C17H26IN7O. The fraction of sp³-hybridized carbons (Fsp3) is 0.412. The van der Waals surface area contributed by atoms with E-state index in [1.165, 1.54) is 0 Å². The first-order valence-electron chi connectivity index (χ1n) is 8.14. The largest absolute Gasteiger partial charge is 0.355 e. The Hall–Kier alpha value is -2.17. The summed E-state index contributed by atoms with van der Waals surface area (Å²) in [5, 5.41) is 13.7. The zero-order valence-electron chi connectivity index (χ0n) is 15.5. The monoisotopic (exact) mass is 471 g/mol. The van der Waals surface area contributed by atoms with Crippen LogP contribution >= 0.6 is 24.0 Å². The number of carbonyl (C=O) groups excluding carboxylic acids is 1. The van der Waals surface area contributed by atoms with Gasteiger partial charge in [-0.05, 0) is 26.0 Å². The van der Waals surface area contributed by atoms with E-state index in [9.17, 15) is 4.79 Å². The van der Waals surface area contributed by atoms with Crippen LogP contribution in [-0.2, 0) is 13.6 Å². The molecule has 0 aliphatic carbocycles. The normalized spacial score (nSPS) is 10.8. The van der Waals surface area contributed by atoms with E-state index < -0.39 is 0 Å². The molecule has 0 aliphatic heterocycles. The highest BCUT2D eigenvalue weighted by Gasteiger charge is 2.09. The molecule has 0 saturated heterocycles. The second kappa shape index (κ2) is 10.7. The number of aliphatic imine (C=N–C) groups is 1. The highest BCUT2D eigenvalue weighted by Crippen LogP contribution is 2.10. The molecule has 0 aliphatic rings. The minimum absolute atomic E-state index is 0. The zero-order valence-corrected chi connectivity index (χ0v) is 17.9.